The van der Waals surface area contributed by atoms with Crippen molar-refractivity contribution in [3.8, 4) is 5.69 Å². The van der Waals surface area contributed by atoms with E-state index in [9.17, 15) is 9.59 Å². The number of carbonyl (C=O) groups is 2. The Hall–Kier alpha value is -3.04. The Bertz CT molecular complexity index is 1470. The molecule has 4 aromatic rings. The molecule has 190 valence electrons. The van der Waals surface area contributed by atoms with E-state index in [0.717, 1.165) is 16.8 Å². The van der Waals surface area contributed by atoms with E-state index in [4.69, 9.17) is 34.8 Å². The fourth-order valence-corrected chi connectivity index (χ4v) is 4.95. The second-order valence-electron chi connectivity index (χ2n) is 8.18. The predicted octanol–water partition coefficient (Wildman–Crippen LogP) is 6.51. The number of aromatic nitrogens is 3. The lowest BCUT2D eigenvalue weighted by molar-refractivity contribution is -0.113. The summed E-state index contributed by atoms with van der Waals surface area (Å²) in [5.74, 6) is 0.00729. The van der Waals surface area contributed by atoms with Gasteiger partial charge in [-0.3, -0.25) is 14.2 Å². The maximum Gasteiger partial charge on any atom is 0.253 e. The van der Waals surface area contributed by atoms with E-state index >= 15 is 0 Å². The van der Waals surface area contributed by atoms with E-state index < -0.39 is 0 Å². The number of nitrogens with one attached hydrogen (secondary N) is 2. The lowest BCUT2D eigenvalue weighted by atomic mass is 10.1. The molecule has 0 saturated heterocycles. The molecular formula is C26H22Cl3N5O2S. The van der Waals surface area contributed by atoms with Crippen LogP contribution in [-0.4, -0.2) is 32.3 Å². The average molecular weight is 575 g/mol. The van der Waals surface area contributed by atoms with Crippen LogP contribution in [0, 0.1) is 13.8 Å². The highest BCUT2D eigenvalue weighted by molar-refractivity contribution is 7.99. The third-order valence-electron chi connectivity index (χ3n) is 5.35. The zero-order valence-corrected chi connectivity index (χ0v) is 23.0. The summed E-state index contributed by atoms with van der Waals surface area (Å²) in [6.07, 6.45) is 0. The van der Waals surface area contributed by atoms with Gasteiger partial charge < -0.3 is 10.6 Å². The number of hydrogen-bond acceptors (Lipinski definition) is 5. The number of nitrogens with zero attached hydrogens (tertiary/aromatic N) is 3. The molecule has 0 saturated carbocycles. The summed E-state index contributed by atoms with van der Waals surface area (Å²) in [7, 11) is 0. The fraction of sp³-hybridized carbons (Fsp3) is 0.154. The molecule has 0 aliphatic rings. The molecule has 0 atom stereocenters. The largest absolute Gasteiger partial charge is 0.345 e. The van der Waals surface area contributed by atoms with Gasteiger partial charge >= 0.3 is 0 Å². The molecule has 11 heteroatoms. The van der Waals surface area contributed by atoms with Crippen molar-refractivity contribution in [3.63, 3.8) is 0 Å². The Morgan fingerprint density at radius 3 is 2.49 bits per heavy atom. The monoisotopic (exact) mass is 573 g/mol. The number of benzene rings is 3. The van der Waals surface area contributed by atoms with Gasteiger partial charge in [0.25, 0.3) is 5.91 Å². The number of carbonyl (C=O) groups excluding carboxylic acids is 2. The van der Waals surface area contributed by atoms with Crippen LogP contribution in [0.1, 0.15) is 27.3 Å². The molecule has 1 aromatic heterocycles. The first-order chi connectivity index (χ1) is 17.7. The van der Waals surface area contributed by atoms with Gasteiger partial charge in [-0.05, 0) is 67.4 Å². The molecule has 0 spiro atoms. The van der Waals surface area contributed by atoms with Gasteiger partial charge in [0.15, 0.2) is 11.0 Å². The maximum absolute atomic E-state index is 12.7. The minimum absolute atomic E-state index is 0.0620. The highest BCUT2D eigenvalue weighted by Gasteiger charge is 2.18. The number of aryl methyl sites for hydroxylation is 2. The number of rotatable bonds is 8. The smallest absolute Gasteiger partial charge is 0.253 e. The lowest BCUT2D eigenvalue weighted by Gasteiger charge is -2.12. The average Bonchev–Trinajstić information content (AvgIpc) is 3.26. The van der Waals surface area contributed by atoms with E-state index in [-0.39, 0.29) is 34.7 Å². The predicted molar refractivity (Wildman–Crippen MR) is 149 cm³/mol. The summed E-state index contributed by atoms with van der Waals surface area (Å²) in [5.41, 5.74) is 3.79. The number of anilines is 1. The van der Waals surface area contributed by atoms with E-state index in [1.807, 2.05) is 38.1 Å². The molecule has 1 heterocycles. The van der Waals surface area contributed by atoms with E-state index in [0.29, 0.717) is 26.7 Å². The van der Waals surface area contributed by atoms with Crippen LogP contribution < -0.4 is 10.6 Å². The Morgan fingerprint density at radius 1 is 0.946 bits per heavy atom. The normalized spacial score (nSPS) is 10.8. The molecule has 3 aromatic carbocycles. The molecule has 0 aliphatic heterocycles. The molecule has 0 bridgehead atoms. The summed E-state index contributed by atoms with van der Waals surface area (Å²) in [6.45, 7) is 3.97. The third kappa shape index (κ3) is 6.84. The van der Waals surface area contributed by atoms with E-state index in [1.165, 1.54) is 17.8 Å². The van der Waals surface area contributed by atoms with Crippen LogP contribution in [0.5, 0.6) is 0 Å². The molecule has 7 nitrogen and oxygen atoms in total. The SMILES string of the molecule is Cc1ccc(C)c(NC(=O)CSc2nnc(CNC(=O)c3ccc(Cl)cc3Cl)n2-c2cccc(Cl)c2)c1. The first-order valence-corrected chi connectivity index (χ1v) is 13.3. The number of thioether (sulfide) groups is 1. The van der Waals surface area contributed by atoms with Gasteiger partial charge in [-0.15, -0.1) is 10.2 Å². The molecule has 4 rings (SSSR count). The minimum atomic E-state index is -0.385. The Kier molecular flexibility index (Phi) is 8.76. The minimum Gasteiger partial charge on any atom is -0.345 e. The first-order valence-electron chi connectivity index (χ1n) is 11.1. The van der Waals surface area contributed by atoms with Crippen LogP contribution in [0.25, 0.3) is 5.69 Å². The second-order valence-corrected chi connectivity index (χ2v) is 10.4. The Morgan fingerprint density at radius 2 is 1.73 bits per heavy atom. The van der Waals surface area contributed by atoms with Crippen molar-refractivity contribution >= 4 is 64.1 Å². The quantitative estimate of drug-likeness (QED) is 0.234. The van der Waals surface area contributed by atoms with Crippen LogP contribution in [0.15, 0.2) is 65.8 Å². The van der Waals surface area contributed by atoms with Crippen molar-refractivity contribution in [1.82, 2.24) is 20.1 Å². The van der Waals surface area contributed by atoms with Crippen molar-refractivity contribution < 1.29 is 9.59 Å². The highest BCUT2D eigenvalue weighted by atomic mass is 35.5. The molecular weight excluding hydrogens is 553 g/mol. The summed E-state index contributed by atoms with van der Waals surface area (Å²) in [5, 5.41) is 16.0. The zero-order valence-electron chi connectivity index (χ0n) is 19.9. The molecule has 0 aliphatic carbocycles. The zero-order chi connectivity index (χ0) is 26.5. The van der Waals surface area contributed by atoms with Gasteiger partial charge in [0.05, 0.1) is 28.6 Å². The van der Waals surface area contributed by atoms with Crippen molar-refractivity contribution in [1.29, 1.82) is 0 Å². The number of amides is 2. The molecule has 2 N–H and O–H groups in total. The molecule has 37 heavy (non-hydrogen) atoms. The number of hydrogen-bond donors (Lipinski definition) is 2. The van der Waals surface area contributed by atoms with Crippen molar-refractivity contribution in [2.75, 3.05) is 11.1 Å². The first kappa shape index (κ1) is 27.0. The lowest BCUT2D eigenvalue weighted by Crippen LogP contribution is -2.25. The summed E-state index contributed by atoms with van der Waals surface area (Å²) < 4.78 is 1.76. The van der Waals surface area contributed by atoms with Crippen LogP contribution in [-0.2, 0) is 11.3 Å². The Balaban J connectivity index is 1.52. The van der Waals surface area contributed by atoms with Crippen molar-refractivity contribution in [2.24, 2.45) is 0 Å². The van der Waals surface area contributed by atoms with Crippen molar-refractivity contribution in [3.05, 3.63) is 98.2 Å². The van der Waals surface area contributed by atoms with Gasteiger partial charge in [0.2, 0.25) is 5.91 Å². The third-order valence-corrected chi connectivity index (χ3v) is 7.06. The van der Waals surface area contributed by atoms with Crippen LogP contribution in [0.4, 0.5) is 5.69 Å². The molecule has 0 fully saturated rings. The van der Waals surface area contributed by atoms with Crippen molar-refractivity contribution in [2.45, 2.75) is 25.5 Å². The molecule has 0 radical (unpaired) electrons. The van der Waals surface area contributed by atoms with Crippen LogP contribution >= 0.6 is 46.6 Å². The molecule has 0 unspecified atom stereocenters. The summed E-state index contributed by atoms with van der Waals surface area (Å²) in [4.78, 5) is 25.4. The van der Waals surface area contributed by atoms with Gasteiger partial charge in [-0.1, -0.05) is 64.8 Å². The van der Waals surface area contributed by atoms with E-state index in [2.05, 4.69) is 20.8 Å². The summed E-state index contributed by atoms with van der Waals surface area (Å²) in [6, 6.07) is 17.7. The maximum atomic E-state index is 12.7. The summed E-state index contributed by atoms with van der Waals surface area (Å²) >= 11 is 19.6. The van der Waals surface area contributed by atoms with Gasteiger partial charge in [-0.25, -0.2) is 0 Å². The second kappa shape index (κ2) is 12.0. The van der Waals surface area contributed by atoms with Crippen LogP contribution in [0.3, 0.4) is 0 Å². The highest BCUT2D eigenvalue weighted by Crippen LogP contribution is 2.25. The topological polar surface area (TPSA) is 88.9 Å². The van der Waals surface area contributed by atoms with Gasteiger partial charge in [0, 0.05) is 15.7 Å². The Labute approximate surface area is 233 Å². The van der Waals surface area contributed by atoms with Crippen LogP contribution in [0.2, 0.25) is 15.1 Å². The number of halogens is 3. The van der Waals surface area contributed by atoms with Gasteiger partial charge in [0.1, 0.15) is 0 Å². The van der Waals surface area contributed by atoms with E-state index in [1.54, 1.807) is 34.9 Å². The standard InChI is InChI=1S/C26H22Cl3N5O2S/c1-15-6-7-16(2)22(10-15)31-24(35)14-37-26-33-32-23(34(26)19-5-3-4-17(27)11-19)13-30-25(36)20-9-8-18(28)12-21(20)29/h3-12H,13-14H2,1-2H3,(H,30,36)(H,31,35). The fourth-order valence-electron chi connectivity index (χ4n) is 3.50. The molecule has 2 amide bonds. The van der Waals surface area contributed by atoms with Gasteiger partial charge in [-0.2, -0.15) is 0 Å².